The normalized spacial score (nSPS) is 11.7. The summed E-state index contributed by atoms with van der Waals surface area (Å²) in [6.07, 6.45) is -4.46. The summed E-state index contributed by atoms with van der Waals surface area (Å²) >= 11 is 7.18. The van der Waals surface area contributed by atoms with Gasteiger partial charge in [0.1, 0.15) is 0 Å². The zero-order chi connectivity index (χ0) is 23.6. The van der Waals surface area contributed by atoms with Crippen LogP contribution in [0.5, 0.6) is 0 Å². The molecule has 4 aromatic rings. The van der Waals surface area contributed by atoms with Crippen LogP contribution in [0.3, 0.4) is 0 Å². The van der Waals surface area contributed by atoms with Gasteiger partial charge in [-0.1, -0.05) is 59.8 Å². The maximum atomic E-state index is 13.2. The summed E-state index contributed by atoms with van der Waals surface area (Å²) in [6, 6.07) is 18.3. The molecule has 0 saturated carbocycles. The molecule has 1 heterocycles. The van der Waals surface area contributed by atoms with Gasteiger partial charge in [-0.3, -0.25) is 4.79 Å². The third kappa shape index (κ3) is 5.51. The highest BCUT2D eigenvalue weighted by Crippen LogP contribution is 2.33. The van der Waals surface area contributed by atoms with E-state index in [1.807, 2.05) is 47.9 Å². The molecule has 0 bridgehead atoms. The van der Waals surface area contributed by atoms with Crippen LogP contribution < -0.4 is 5.32 Å². The molecule has 1 amide bonds. The lowest BCUT2D eigenvalue weighted by Crippen LogP contribution is -2.15. The zero-order valence-electron chi connectivity index (χ0n) is 17.5. The predicted octanol–water partition coefficient (Wildman–Crippen LogP) is 6.80. The van der Waals surface area contributed by atoms with E-state index in [-0.39, 0.29) is 17.2 Å². The monoisotopic (exact) mass is 489 g/mol. The number of anilines is 1. The summed E-state index contributed by atoms with van der Waals surface area (Å²) in [6.45, 7) is 2.27. The first-order chi connectivity index (χ1) is 15.7. The fourth-order valence-electron chi connectivity index (χ4n) is 3.36. The third-order valence-corrected chi connectivity index (χ3v) is 6.24. The molecular weight excluding hydrogens is 471 g/mol. The third-order valence-electron chi connectivity index (χ3n) is 5.03. The molecule has 0 saturated heterocycles. The second kappa shape index (κ2) is 9.49. The number of hydrogen-bond acceptors (Lipinski definition) is 3. The molecule has 4 rings (SSSR count). The van der Waals surface area contributed by atoms with Crippen molar-refractivity contribution in [2.24, 2.45) is 0 Å². The van der Waals surface area contributed by atoms with E-state index >= 15 is 0 Å². The van der Waals surface area contributed by atoms with E-state index in [2.05, 4.69) is 10.3 Å². The first-order valence-electron chi connectivity index (χ1n) is 10.0. The van der Waals surface area contributed by atoms with Gasteiger partial charge in [-0.15, -0.1) is 0 Å². The number of aryl methyl sites for hydroxylation is 1. The molecule has 33 heavy (non-hydrogen) atoms. The fourth-order valence-corrected chi connectivity index (χ4v) is 4.34. The minimum Gasteiger partial charge on any atom is -0.325 e. The van der Waals surface area contributed by atoms with E-state index in [0.29, 0.717) is 27.9 Å². The largest absolute Gasteiger partial charge is 0.416 e. The number of aromatic nitrogens is 2. The minimum absolute atomic E-state index is 0.0379. The van der Waals surface area contributed by atoms with E-state index in [1.54, 1.807) is 12.1 Å². The Labute approximate surface area is 197 Å². The number of nitrogens with zero attached hydrogens (tertiary/aromatic N) is 2. The van der Waals surface area contributed by atoms with Crippen LogP contribution >= 0.6 is 23.4 Å². The first kappa shape index (κ1) is 23.2. The van der Waals surface area contributed by atoms with Crippen molar-refractivity contribution in [1.82, 2.24) is 9.55 Å². The average molecular weight is 490 g/mol. The summed E-state index contributed by atoms with van der Waals surface area (Å²) in [4.78, 5) is 17.0. The van der Waals surface area contributed by atoms with Crippen LogP contribution in [0.15, 0.2) is 71.9 Å². The summed E-state index contributed by atoms with van der Waals surface area (Å²) in [5.74, 6) is -0.226. The average Bonchev–Trinajstić information content (AvgIpc) is 3.11. The van der Waals surface area contributed by atoms with Crippen molar-refractivity contribution in [2.75, 3.05) is 11.1 Å². The first-order valence-corrected chi connectivity index (χ1v) is 11.4. The SMILES string of the molecule is Cc1ccc(Cl)cc1NC(=O)CSc1nc2cc(C(F)(F)F)ccc2n1Cc1ccccc1. The Morgan fingerprint density at radius 3 is 2.58 bits per heavy atom. The number of nitrogens with one attached hydrogen (secondary N) is 1. The minimum atomic E-state index is -4.46. The second-order valence-electron chi connectivity index (χ2n) is 7.46. The topological polar surface area (TPSA) is 46.9 Å². The number of alkyl halides is 3. The molecule has 0 aliphatic carbocycles. The van der Waals surface area contributed by atoms with Gasteiger partial charge >= 0.3 is 6.18 Å². The second-order valence-corrected chi connectivity index (χ2v) is 8.84. The van der Waals surface area contributed by atoms with Gasteiger partial charge in [-0.2, -0.15) is 13.2 Å². The van der Waals surface area contributed by atoms with Crippen molar-refractivity contribution < 1.29 is 18.0 Å². The maximum Gasteiger partial charge on any atom is 0.416 e. The van der Waals surface area contributed by atoms with E-state index in [4.69, 9.17) is 11.6 Å². The lowest BCUT2D eigenvalue weighted by Gasteiger charge is -2.11. The van der Waals surface area contributed by atoms with Crippen LogP contribution in [0.2, 0.25) is 5.02 Å². The molecule has 0 atom stereocenters. The number of hydrogen-bond donors (Lipinski definition) is 1. The molecule has 1 aromatic heterocycles. The van der Waals surface area contributed by atoms with Gasteiger partial charge in [0.25, 0.3) is 0 Å². The van der Waals surface area contributed by atoms with E-state index < -0.39 is 11.7 Å². The molecule has 9 heteroatoms. The fraction of sp³-hybridized carbons (Fsp3) is 0.167. The molecule has 0 spiro atoms. The van der Waals surface area contributed by atoms with E-state index in [1.165, 1.54) is 17.8 Å². The van der Waals surface area contributed by atoms with Crippen molar-refractivity contribution in [3.05, 3.63) is 88.4 Å². The van der Waals surface area contributed by atoms with Crippen LogP contribution in [0.25, 0.3) is 11.0 Å². The smallest absolute Gasteiger partial charge is 0.325 e. The summed E-state index contributed by atoms with van der Waals surface area (Å²) < 4.78 is 41.4. The van der Waals surface area contributed by atoms with Crippen molar-refractivity contribution in [2.45, 2.75) is 24.8 Å². The van der Waals surface area contributed by atoms with Crippen molar-refractivity contribution in [3.8, 4) is 0 Å². The van der Waals surface area contributed by atoms with Gasteiger partial charge < -0.3 is 9.88 Å². The van der Waals surface area contributed by atoms with Gasteiger partial charge in [-0.25, -0.2) is 4.98 Å². The summed E-state index contributed by atoms with van der Waals surface area (Å²) in [5, 5.41) is 3.80. The molecule has 0 fully saturated rings. The van der Waals surface area contributed by atoms with Crippen LogP contribution in [0.4, 0.5) is 18.9 Å². The molecular formula is C24H19ClF3N3OS. The number of rotatable bonds is 6. The Morgan fingerprint density at radius 2 is 1.85 bits per heavy atom. The molecule has 0 aliphatic heterocycles. The Balaban J connectivity index is 1.61. The van der Waals surface area contributed by atoms with Crippen molar-refractivity contribution >= 4 is 46.0 Å². The number of carbonyl (C=O) groups is 1. The maximum absolute atomic E-state index is 13.2. The quantitative estimate of drug-likeness (QED) is 0.303. The number of halogens is 4. The number of benzene rings is 3. The zero-order valence-corrected chi connectivity index (χ0v) is 19.1. The van der Waals surface area contributed by atoms with Crippen LogP contribution in [0, 0.1) is 6.92 Å². The molecule has 0 unspecified atom stereocenters. The van der Waals surface area contributed by atoms with Gasteiger partial charge in [-0.05, 0) is 48.4 Å². The lowest BCUT2D eigenvalue weighted by molar-refractivity contribution is -0.137. The Morgan fingerprint density at radius 1 is 1.09 bits per heavy atom. The van der Waals surface area contributed by atoms with Crippen LogP contribution in [-0.4, -0.2) is 21.2 Å². The van der Waals surface area contributed by atoms with Crippen LogP contribution in [-0.2, 0) is 17.5 Å². The number of fused-ring (bicyclic) bond motifs is 1. The van der Waals surface area contributed by atoms with E-state index in [9.17, 15) is 18.0 Å². The Kier molecular flexibility index (Phi) is 6.67. The standard InChI is InChI=1S/C24H19ClF3N3OS/c1-15-7-9-18(25)12-19(15)29-22(32)14-33-23-30-20-11-17(24(26,27)28)8-10-21(20)31(23)13-16-5-3-2-4-6-16/h2-12H,13-14H2,1H3,(H,29,32). The Bertz CT molecular complexity index is 1310. The van der Waals surface area contributed by atoms with Gasteiger partial charge in [0, 0.05) is 10.7 Å². The number of amides is 1. The molecule has 170 valence electrons. The van der Waals surface area contributed by atoms with Gasteiger partial charge in [0.05, 0.1) is 28.9 Å². The van der Waals surface area contributed by atoms with Crippen LogP contribution in [0.1, 0.15) is 16.7 Å². The molecule has 1 N–H and O–H groups in total. The molecule has 3 aromatic carbocycles. The molecule has 0 radical (unpaired) electrons. The molecule has 0 aliphatic rings. The summed E-state index contributed by atoms with van der Waals surface area (Å²) in [7, 11) is 0. The number of carbonyl (C=O) groups excluding carboxylic acids is 1. The lowest BCUT2D eigenvalue weighted by atomic mass is 10.2. The highest BCUT2D eigenvalue weighted by atomic mass is 35.5. The Hall–Kier alpha value is -2.97. The molecule has 4 nitrogen and oxygen atoms in total. The summed E-state index contributed by atoms with van der Waals surface area (Å²) in [5.41, 5.74) is 2.49. The van der Waals surface area contributed by atoms with Crippen molar-refractivity contribution in [1.29, 1.82) is 0 Å². The predicted molar refractivity (Wildman–Crippen MR) is 126 cm³/mol. The highest BCUT2D eigenvalue weighted by molar-refractivity contribution is 7.99. The van der Waals surface area contributed by atoms with Gasteiger partial charge in [0.15, 0.2) is 5.16 Å². The number of thioether (sulfide) groups is 1. The van der Waals surface area contributed by atoms with E-state index in [0.717, 1.165) is 23.3 Å². The van der Waals surface area contributed by atoms with Gasteiger partial charge in [0.2, 0.25) is 5.91 Å². The number of imidazole rings is 1. The highest BCUT2D eigenvalue weighted by Gasteiger charge is 2.31. The van der Waals surface area contributed by atoms with Crippen molar-refractivity contribution in [3.63, 3.8) is 0 Å².